The molecule has 0 aliphatic rings. The molecule has 0 bridgehead atoms. The van der Waals surface area contributed by atoms with Gasteiger partial charge in [0.1, 0.15) is 11.3 Å². The van der Waals surface area contributed by atoms with Crippen molar-refractivity contribution < 1.29 is 4.42 Å². The summed E-state index contributed by atoms with van der Waals surface area (Å²) in [6.07, 6.45) is 0. The van der Waals surface area contributed by atoms with Gasteiger partial charge in [0, 0.05) is 43.7 Å². The van der Waals surface area contributed by atoms with Gasteiger partial charge in [0.05, 0.1) is 11.0 Å². The van der Waals surface area contributed by atoms with E-state index in [1.165, 1.54) is 37.8 Å². The predicted molar refractivity (Wildman–Crippen MR) is 198 cm³/mol. The molecule has 9 aromatic rings. The average molecular weight is 603 g/mol. The monoisotopic (exact) mass is 602 g/mol. The summed E-state index contributed by atoms with van der Waals surface area (Å²) in [6.45, 7) is 6.62. The smallest absolute Gasteiger partial charge is 0.161 e. The molecule has 2 heterocycles. The third-order valence-corrected chi connectivity index (χ3v) is 9.31. The van der Waals surface area contributed by atoms with Gasteiger partial charge in [-0.25, -0.2) is 4.99 Å². The summed E-state index contributed by atoms with van der Waals surface area (Å²) in [5, 5.41) is 9.29. The first-order chi connectivity index (χ1) is 23.2. The highest BCUT2D eigenvalue weighted by Crippen LogP contribution is 2.42. The van der Waals surface area contributed by atoms with E-state index in [0.29, 0.717) is 5.42 Å². The quantitative estimate of drug-likeness (QED) is 0.146. The third kappa shape index (κ3) is 4.24. The average Bonchev–Trinajstić information content (AvgIpc) is 3.66. The van der Waals surface area contributed by atoms with Crippen LogP contribution in [0.2, 0.25) is 0 Å². The largest absolute Gasteiger partial charge is 0.454 e. The van der Waals surface area contributed by atoms with Crippen molar-refractivity contribution in [2.24, 2.45) is 4.99 Å². The third-order valence-electron chi connectivity index (χ3n) is 9.31. The second-order valence-electron chi connectivity index (χ2n) is 12.0. The number of rotatable bonds is 4. The molecule has 0 N–H and O–H groups in total. The van der Waals surface area contributed by atoms with Crippen molar-refractivity contribution in [2.45, 2.75) is 6.92 Å². The molecule has 7 aromatic carbocycles. The van der Waals surface area contributed by atoms with E-state index in [1.54, 1.807) is 0 Å². The van der Waals surface area contributed by atoms with Crippen molar-refractivity contribution >= 4 is 72.3 Å². The second kappa shape index (κ2) is 10.7. The van der Waals surface area contributed by atoms with Gasteiger partial charge in [-0.05, 0) is 52.9 Å². The van der Waals surface area contributed by atoms with E-state index in [-0.39, 0.29) is 0 Å². The molecule has 3 heteroatoms. The van der Waals surface area contributed by atoms with Crippen molar-refractivity contribution in [3.63, 3.8) is 0 Å². The molecule has 0 amide bonds. The Balaban J connectivity index is 1.36. The molecule has 9 rings (SSSR count). The number of para-hydroxylation sites is 1. The molecule has 0 atom stereocenters. The van der Waals surface area contributed by atoms with Crippen LogP contribution < -0.4 is 10.6 Å². The highest BCUT2D eigenvalue weighted by molar-refractivity contribution is 6.32. The van der Waals surface area contributed by atoms with Crippen LogP contribution in [0.4, 0.5) is 0 Å². The Bertz CT molecular complexity index is 2800. The summed E-state index contributed by atoms with van der Waals surface area (Å²) in [7, 11) is 0. The first-order valence-electron chi connectivity index (χ1n) is 15.9. The molecule has 0 saturated heterocycles. The topological polar surface area (TPSA) is 30.4 Å². The van der Waals surface area contributed by atoms with Crippen LogP contribution >= 0.6 is 0 Å². The van der Waals surface area contributed by atoms with Gasteiger partial charge in [0.15, 0.2) is 5.42 Å². The highest BCUT2D eigenvalue weighted by atomic mass is 16.3. The molecule has 222 valence electrons. The molecule has 0 fully saturated rings. The van der Waals surface area contributed by atoms with E-state index in [2.05, 4.69) is 126 Å². The zero-order valence-electron chi connectivity index (χ0n) is 25.9. The van der Waals surface area contributed by atoms with Gasteiger partial charge in [-0.1, -0.05) is 134 Å². The summed E-state index contributed by atoms with van der Waals surface area (Å²) in [4.78, 5) is 5.15. The van der Waals surface area contributed by atoms with Crippen molar-refractivity contribution in [1.29, 1.82) is 0 Å². The molecule has 0 aliphatic heterocycles. The highest BCUT2D eigenvalue weighted by Gasteiger charge is 2.19. The lowest BCUT2D eigenvalue weighted by Gasteiger charge is -2.12. The Morgan fingerprint density at radius 3 is 1.87 bits per heavy atom. The van der Waals surface area contributed by atoms with E-state index in [1.807, 2.05) is 43.3 Å². The molecule has 0 radical (unpaired) electrons. The fraction of sp³-hybridized carbons (Fsp3) is 0.0227. The SMILES string of the molecule is C=c1/c(=C(\N=C(C)c2ccccc2)c2ccccc2)oc2ccc(-n3c4ccccc4c4c5ccccc5c5ccccc5c43)cc12. The van der Waals surface area contributed by atoms with E-state index in [9.17, 15) is 0 Å². The van der Waals surface area contributed by atoms with Crippen molar-refractivity contribution in [2.75, 3.05) is 0 Å². The van der Waals surface area contributed by atoms with Crippen LogP contribution in [0.5, 0.6) is 0 Å². The zero-order valence-corrected chi connectivity index (χ0v) is 25.9. The van der Waals surface area contributed by atoms with Crippen LogP contribution in [0, 0.1) is 0 Å². The Morgan fingerprint density at radius 2 is 1.15 bits per heavy atom. The summed E-state index contributed by atoms with van der Waals surface area (Å²) < 4.78 is 9.02. The molecule has 0 spiro atoms. The standard InChI is InChI=1S/C44H30N2O/c1-28-38-27-32(25-26-40(38)47-44(28)42(31-17-7-4-8-18-31)45-29(2)30-15-5-3-6-16-30)46-39-24-14-13-23-37(39)41-35-21-11-9-19-33(35)34-20-10-12-22-36(34)43(41)46/h3-27H,1H2,2H3/b44-42+,45-29?. The van der Waals surface area contributed by atoms with E-state index in [0.717, 1.165) is 49.9 Å². The fourth-order valence-corrected chi connectivity index (χ4v) is 7.12. The number of furan rings is 1. The minimum Gasteiger partial charge on any atom is -0.454 e. The van der Waals surface area contributed by atoms with Crippen LogP contribution in [0.1, 0.15) is 18.1 Å². The van der Waals surface area contributed by atoms with Crippen LogP contribution in [-0.4, -0.2) is 10.3 Å². The number of benzene rings is 7. The van der Waals surface area contributed by atoms with Crippen molar-refractivity contribution in [3.8, 4) is 5.69 Å². The fourth-order valence-electron chi connectivity index (χ4n) is 7.12. The molecular formula is C44H30N2O. The Morgan fingerprint density at radius 1 is 0.574 bits per heavy atom. The van der Waals surface area contributed by atoms with Crippen LogP contribution in [0.15, 0.2) is 161 Å². The summed E-state index contributed by atoms with van der Waals surface area (Å²) >= 11 is 0. The molecule has 3 nitrogen and oxygen atoms in total. The van der Waals surface area contributed by atoms with E-state index in [4.69, 9.17) is 9.41 Å². The van der Waals surface area contributed by atoms with Crippen molar-refractivity contribution in [1.82, 2.24) is 4.57 Å². The molecule has 2 aromatic heterocycles. The molecule has 47 heavy (non-hydrogen) atoms. The summed E-state index contributed by atoms with van der Waals surface area (Å²) in [6, 6.07) is 53.1. The van der Waals surface area contributed by atoms with E-state index >= 15 is 0 Å². The van der Waals surface area contributed by atoms with Crippen molar-refractivity contribution in [3.05, 3.63) is 173 Å². The summed E-state index contributed by atoms with van der Waals surface area (Å²) in [5.74, 6) is 0. The van der Waals surface area contributed by atoms with Crippen LogP contribution in [0.25, 0.3) is 72.3 Å². The maximum absolute atomic E-state index is 6.61. The lowest BCUT2D eigenvalue weighted by molar-refractivity contribution is 0.572. The molecule has 0 unspecified atom stereocenters. The molecule has 0 aliphatic carbocycles. The number of aromatic nitrogens is 1. The van der Waals surface area contributed by atoms with Crippen LogP contribution in [0.3, 0.4) is 0 Å². The van der Waals surface area contributed by atoms with Gasteiger partial charge in [-0.15, -0.1) is 0 Å². The maximum Gasteiger partial charge on any atom is 0.161 e. The van der Waals surface area contributed by atoms with Gasteiger partial charge in [-0.3, -0.25) is 0 Å². The zero-order chi connectivity index (χ0) is 31.5. The minimum atomic E-state index is 0.678. The number of hydrogen-bond donors (Lipinski definition) is 0. The first kappa shape index (κ1) is 27.1. The normalized spacial score (nSPS) is 12.9. The van der Waals surface area contributed by atoms with Gasteiger partial charge in [0.25, 0.3) is 0 Å². The van der Waals surface area contributed by atoms with Gasteiger partial charge >= 0.3 is 0 Å². The van der Waals surface area contributed by atoms with Gasteiger partial charge in [-0.2, -0.15) is 0 Å². The number of nitrogens with zero attached hydrogens (tertiary/aromatic N) is 2. The predicted octanol–water partition coefficient (Wildman–Crippen LogP) is 9.91. The van der Waals surface area contributed by atoms with E-state index < -0.39 is 0 Å². The minimum absolute atomic E-state index is 0.678. The lowest BCUT2D eigenvalue weighted by Crippen LogP contribution is -2.22. The maximum atomic E-state index is 6.61. The number of fused-ring (bicyclic) bond motifs is 9. The lowest BCUT2D eigenvalue weighted by atomic mass is 9.97. The Kier molecular flexibility index (Phi) is 6.19. The second-order valence-corrected chi connectivity index (χ2v) is 12.0. The first-order valence-corrected chi connectivity index (χ1v) is 15.9. The number of hydrogen-bond acceptors (Lipinski definition) is 2. The molecule has 0 saturated carbocycles. The number of aliphatic imine (C=N–C) groups is 1. The van der Waals surface area contributed by atoms with Gasteiger partial charge in [0.2, 0.25) is 0 Å². The molecular weight excluding hydrogens is 572 g/mol. The Hall–Kier alpha value is -6.19. The Labute approximate surface area is 271 Å². The summed E-state index contributed by atoms with van der Waals surface area (Å²) in [5.41, 5.74) is 8.61. The van der Waals surface area contributed by atoms with Gasteiger partial charge < -0.3 is 8.98 Å². The van der Waals surface area contributed by atoms with Crippen LogP contribution in [-0.2, 0) is 0 Å².